The molecule has 0 atom stereocenters. The van der Waals surface area contributed by atoms with Crippen LogP contribution in [0.15, 0.2) is 43.1 Å². The molecule has 1 aromatic carbocycles. The zero-order valence-electron chi connectivity index (χ0n) is 12.7. The molecule has 21 heavy (non-hydrogen) atoms. The molecule has 0 aliphatic carbocycles. The number of hydrogen-bond acceptors (Lipinski definition) is 3. The van der Waals surface area contributed by atoms with Gasteiger partial charge >= 0.3 is 0 Å². The Hall–Kier alpha value is -1.68. The van der Waals surface area contributed by atoms with E-state index >= 15 is 0 Å². The van der Waals surface area contributed by atoms with Crippen LogP contribution in [-0.2, 0) is 19.2 Å². The topological polar surface area (TPSA) is 27.1 Å². The summed E-state index contributed by atoms with van der Waals surface area (Å²) in [5, 5.41) is 4.19. The highest BCUT2D eigenvalue weighted by atomic mass is 32.2. The lowest BCUT2D eigenvalue weighted by Crippen LogP contribution is -2.00. The Balaban J connectivity index is 1.80. The quantitative estimate of drug-likeness (QED) is 0.548. The van der Waals surface area contributed by atoms with Crippen molar-refractivity contribution in [2.45, 2.75) is 19.1 Å². The van der Waals surface area contributed by atoms with Crippen molar-refractivity contribution in [1.82, 2.24) is 9.78 Å². The van der Waals surface area contributed by atoms with E-state index in [1.165, 1.54) is 16.8 Å². The van der Waals surface area contributed by atoms with Crippen LogP contribution >= 0.6 is 11.8 Å². The lowest BCUT2D eigenvalue weighted by molar-refractivity contribution is 0.363. The van der Waals surface area contributed by atoms with E-state index in [-0.39, 0.29) is 0 Å². The second-order valence-electron chi connectivity index (χ2n) is 4.94. The summed E-state index contributed by atoms with van der Waals surface area (Å²) in [6, 6.07) is 8.37. The number of aromatic nitrogens is 2. The fraction of sp³-hybridized carbons (Fsp3) is 0.353. The van der Waals surface area contributed by atoms with E-state index in [1.807, 2.05) is 35.8 Å². The number of hydrogen-bond donors (Lipinski definition) is 0. The van der Waals surface area contributed by atoms with Crippen molar-refractivity contribution < 1.29 is 4.74 Å². The Morgan fingerprint density at radius 3 is 2.90 bits per heavy atom. The maximum absolute atomic E-state index is 5.54. The third-order valence-electron chi connectivity index (χ3n) is 3.36. The first-order valence-corrected chi connectivity index (χ1v) is 8.24. The Kier molecular flexibility index (Phi) is 5.93. The zero-order chi connectivity index (χ0) is 15.1. The molecule has 0 saturated carbocycles. The van der Waals surface area contributed by atoms with Crippen LogP contribution in [-0.4, -0.2) is 22.1 Å². The Labute approximate surface area is 131 Å². The summed E-state index contributed by atoms with van der Waals surface area (Å²) in [6.45, 7) is 6.35. The van der Waals surface area contributed by atoms with Gasteiger partial charge in [0.25, 0.3) is 0 Å². The Bertz CT molecular complexity index is 592. The molecule has 2 aromatic rings. The molecular formula is C17H22N2OS. The van der Waals surface area contributed by atoms with Crippen LogP contribution in [0.3, 0.4) is 0 Å². The van der Waals surface area contributed by atoms with E-state index in [4.69, 9.17) is 4.74 Å². The predicted octanol–water partition coefficient (Wildman–Crippen LogP) is 3.77. The highest BCUT2D eigenvalue weighted by Gasteiger charge is 2.03. The van der Waals surface area contributed by atoms with Gasteiger partial charge in [-0.1, -0.05) is 18.7 Å². The lowest BCUT2D eigenvalue weighted by atomic mass is 10.1. The molecule has 2 rings (SSSR count). The van der Waals surface area contributed by atoms with E-state index < -0.39 is 0 Å². The molecule has 3 nitrogen and oxygen atoms in total. The van der Waals surface area contributed by atoms with Gasteiger partial charge in [-0.2, -0.15) is 16.9 Å². The SMILES string of the molecule is C=CCOc1ccc(CSCCc2ccnn2C)c(C)c1. The standard InChI is InChI=1S/C17H22N2OS/c1-4-10-20-17-6-5-15(14(2)12-17)13-21-11-8-16-7-9-18-19(16)3/h4-7,9,12H,1,8,10-11,13H2,2-3H3. The first-order valence-electron chi connectivity index (χ1n) is 7.08. The molecule has 0 aliphatic heterocycles. The van der Waals surface area contributed by atoms with Gasteiger partial charge in [-0.25, -0.2) is 0 Å². The minimum absolute atomic E-state index is 0.554. The van der Waals surface area contributed by atoms with Crippen molar-refractivity contribution >= 4 is 11.8 Å². The fourth-order valence-electron chi connectivity index (χ4n) is 2.08. The Morgan fingerprint density at radius 1 is 1.38 bits per heavy atom. The van der Waals surface area contributed by atoms with Crippen LogP contribution in [0.25, 0.3) is 0 Å². The van der Waals surface area contributed by atoms with E-state index in [1.54, 1.807) is 6.08 Å². The van der Waals surface area contributed by atoms with Crippen LogP contribution in [0.1, 0.15) is 16.8 Å². The van der Waals surface area contributed by atoms with Crippen molar-refractivity contribution in [3.8, 4) is 5.75 Å². The second-order valence-corrected chi connectivity index (χ2v) is 6.04. The summed E-state index contributed by atoms with van der Waals surface area (Å²) >= 11 is 1.95. The molecule has 0 saturated heterocycles. The van der Waals surface area contributed by atoms with E-state index in [0.29, 0.717) is 6.61 Å². The predicted molar refractivity (Wildman–Crippen MR) is 89.9 cm³/mol. The van der Waals surface area contributed by atoms with Crippen molar-refractivity contribution in [2.24, 2.45) is 7.05 Å². The molecule has 112 valence electrons. The summed E-state index contributed by atoms with van der Waals surface area (Å²) in [4.78, 5) is 0. The van der Waals surface area contributed by atoms with Crippen molar-refractivity contribution in [3.05, 3.63) is 59.9 Å². The van der Waals surface area contributed by atoms with Gasteiger partial charge in [-0.05, 0) is 48.4 Å². The monoisotopic (exact) mass is 302 g/mol. The van der Waals surface area contributed by atoms with Gasteiger partial charge in [-0.15, -0.1) is 0 Å². The normalized spacial score (nSPS) is 10.6. The highest BCUT2D eigenvalue weighted by molar-refractivity contribution is 7.98. The van der Waals surface area contributed by atoms with Crippen molar-refractivity contribution in [2.75, 3.05) is 12.4 Å². The van der Waals surface area contributed by atoms with Crippen LogP contribution < -0.4 is 4.74 Å². The molecular weight excluding hydrogens is 280 g/mol. The molecule has 1 aromatic heterocycles. The van der Waals surface area contributed by atoms with Gasteiger partial charge in [0.05, 0.1) is 0 Å². The summed E-state index contributed by atoms with van der Waals surface area (Å²) in [7, 11) is 1.99. The molecule has 0 fully saturated rings. The first kappa shape index (κ1) is 15.7. The second kappa shape index (κ2) is 7.93. The summed E-state index contributed by atoms with van der Waals surface area (Å²) in [5.74, 6) is 3.05. The number of benzene rings is 1. The minimum atomic E-state index is 0.554. The molecule has 0 aliphatic rings. The number of ether oxygens (including phenoxy) is 1. The van der Waals surface area contributed by atoms with E-state index in [9.17, 15) is 0 Å². The molecule has 4 heteroatoms. The molecule has 1 heterocycles. The molecule has 0 radical (unpaired) electrons. The van der Waals surface area contributed by atoms with Crippen LogP contribution in [0.2, 0.25) is 0 Å². The van der Waals surface area contributed by atoms with Gasteiger partial charge < -0.3 is 4.74 Å². The van der Waals surface area contributed by atoms with Gasteiger partial charge in [0.15, 0.2) is 0 Å². The minimum Gasteiger partial charge on any atom is -0.490 e. The van der Waals surface area contributed by atoms with Gasteiger partial charge in [-0.3, -0.25) is 4.68 Å². The van der Waals surface area contributed by atoms with Crippen LogP contribution in [0, 0.1) is 6.92 Å². The van der Waals surface area contributed by atoms with Gasteiger partial charge in [0, 0.05) is 24.7 Å². The maximum atomic E-state index is 5.54. The number of aryl methyl sites for hydroxylation is 3. The average molecular weight is 302 g/mol. The van der Waals surface area contributed by atoms with Crippen molar-refractivity contribution in [1.29, 1.82) is 0 Å². The molecule has 0 amide bonds. The average Bonchev–Trinajstić information content (AvgIpc) is 2.88. The highest BCUT2D eigenvalue weighted by Crippen LogP contribution is 2.22. The lowest BCUT2D eigenvalue weighted by Gasteiger charge is -2.09. The van der Waals surface area contributed by atoms with E-state index in [0.717, 1.165) is 23.7 Å². The third-order valence-corrected chi connectivity index (χ3v) is 4.37. The smallest absolute Gasteiger partial charge is 0.120 e. The molecule has 0 N–H and O–H groups in total. The van der Waals surface area contributed by atoms with Crippen LogP contribution in [0.5, 0.6) is 5.75 Å². The zero-order valence-corrected chi connectivity index (χ0v) is 13.5. The van der Waals surface area contributed by atoms with Crippen LogP contribution in [0.4, 0.5) is 0 Å². The molecule has 0 spiro atoms. The summed E-state index contributed by atoms with van der Waals surface area (Å²) in [6.07, 6.45) is 4.67. The molecule has 0 bridgehead atoms. The number of thioether (sulfide) groups is 1. The summed E-state index contributed by atoms with van der Waals surface area (Å²) < 4.78 is 7.49. The van der Waals surface area contributed by atoms with Gasteiger partial charge in [0.1, 0.15) is 12.4 Å². The maximum Gasteiger partial charge on any atom is 0.120 e. The van der Waals surface area contributed by atoms with E-state index in [2.05, 4.69) is 36.8 Å². The number of nitrogens with zero attached hydrogens (tertiary/aromatic N) is 2. The fourth-order valence-corrected chi connectivity index (χ4v) is 3.12. The Morgan fingerprint density at radius 2 is 2.24 bits per heavy atom. The van der Waals surface area contributed by atoms with Gasteiger partial charge in [0.2, 0.25) is 0 Å². The first-order chi connectivity index (χ1) is 10.2. The van der Waals surface area contributed by atoms with Crippen molar-refractivity contribution in [3.63, 3.8) is 0 Å². The molecule has 0 unspecified atom stereocenters. The summed E-state index contributed by atoms with van der Waals surface area (Å²) in [5.41, 5.74) is 3.94. The third kappa shape index (κ3) is 4.67. The largest absolute Gasteiger partial charge is 0.490 e. The number of rotatable bonds is 8.